The van der Waals surface area contributed by atoms with Gasteiger partial charge in [0.15, 0.2) is 21.3 Å². The number of hydrogen-bond acceptors (Lipinski definition) is 7. The molecule has 1 aromatic carbocycles. The molecule has 3 rings (SSSR count). The van der Waals surface area contributed by atoms with Crippen molar-refractivity contribution in [2.24, 2.45) is 0 Å². The maximum absolute atomic E-state index is 12.1. The van der Waals surface area contributed by atoms with Gasteiger partial charge in [-0.15, -0.1) is 0 Å². The molecule has 0 aliphatic carbocycles. The van der Waals surface area contributed by atoms with Crippen molar-refractivity contribution in [2.45, 2.75) is 12.5 Å². The van der Waals surface area contributed by atoms with E-state index < -0.39 is 27.7 Å². The fourth-order valence-corrected chi connectivity index (χ4v) is 4.41. The summed E-state index contributed by atoms with van der Waals surface area (Å²) in [5.41, 5.74) is 0.727. The molecule has 10 heteroatoms. The summed E-state index contributed by atoms with van der Waals surface area (Å²) in [7, 11) is -1.53. The number of amides is 2. The molecule has 2 amide bonds. The summed E-state index contributed by atoms with van der Waals surface area (Å²) in [5.74, 6) is 0.0000994. The molecule has 2 heterocycles. The molecule has 0 bridgehead atoms. The molecule has 1 unspecified atom stereocenters. The third-order valence-corrected chi connectivity index (χ3v) is 5.87. The van der Waals surface area contributed by atoms with Crippen LogP contribution in [0.3, 0.4) is 0 Å². The van der Waals surface area contributed by atoms with Crippen LogP contribution in [-0.2, 0) is 14.6 Å². The van der Waals surface area contributed by atoms with Gasteiger partial charge in [0.2, 0.25) is 5.91 Å². The van der Waals surface area contributed by atoms with E-state index in [1.807, 2.05) is 0 Å². The van der Waals surface area contributed by atoms with Crippen molar-refractivity contribution in [1.29, 1.82) is 0 Å². The first-order chi connectivity index (χ1) is 12.9. The smallest absolute Gasteiger partial charge is 0.273 e. The summed E-state index contributed by atoms with van der Waals surface area (Å²) in [6, 6.07) is 8.14. The Morgan fingerprint density at radius 3 is 2.85 bits per heavy atom. The quantitative estimate of drug-likeness (QED) is 0.726. The lowest BCUT2D eigenvalue weighted by Gasteiger charge is -2.10. The lowest BCUT2D eigenvalue weighted by Crippen LogP contribution is -2.42. The molecular weight excluding hydrogens is 374 g/mol. The van der Waals surface area contributed by atoms with Crippen LogP contribution in [0, 0.1) is 0 Å². The number of methoxy groups -OCH3 is 1. The number of carbonyl (C=O) groups excluding carboxylic acids is 2. The molecule has 2 N–H and O–H groups in total. The van der Waals surface area contributed by atoms with Gasteiger partial charge in [-0.1, -0.05) is 17.3 Å². The topological polar surface area (TPSA) is 128 Å². The molecule has 1 saturated heterocycles. The second-order valence-electron chi connectivity index (χ2n) is 6.16. The Morgan fingerprint density at radius 2 is 2.15 bits per heavy atom. The van der Waals surface area contributed by atoms with Crippen molar-refractivity contribution in [3.05, 3.63) is 36.0 Å². The third kappa shape index (κ3) is 4.85. The van der Waals surface area contributed by atoms with Gasteiger partial charge in [0.1, 0.15) is 5.75 Å². The minimum Gasteiger partial charge on any atom is -0.497 e. The van der Waals surface area contributed by atoms with Crippen LogP contribution in [0.25, 0.3) is 11.3 Å². The number of rotatable bonds is 6. The fraction of sp³-hybridized carbons (Fsp3) is 0.353. The van der Waals surface area contributed by atoms with Crippen LogP contribution in [0.4, 0.5) is 0 Å². The molecule has 9 nitrogen and oxygen atoms in total. The molecule has 1 aromatic heterocycles. The number of nitrogens with zero attached hydrogens (tertiary/aromatic N) is 1. The van der Waals surface area contributed by atoms with Gasteiger partial charge in [-0.25, -0.2) is 8.42 Å². The van der Waals surface area contributed by atoms with E-state index in [1.54, 1.807) is 31.4 Å². The van der Waals surface area contributed by atoms with Crippen LogP contribution in [0.2, 0.25) is 0 Å². The molecule has 2 aromatic rings. The van der Waals surface area contributed by atoms with Gasteiger partial charge in [0, 0.05) is 17.7 Å². The highest BCUT2D eigenvalue weighted by atomic mass is 32.2. The van der Waals surface area contributed by atoms with Gasteiger partial charge in [-0.3, -0.25) is 9.59 Å². The summed E-state index contributed by atoms with van der Waals surface area (Å²) in [5, 5.41) is 8.74. The van der Waals surface area contributed by atoms with Crippen LogP contribution in [0.5, 0.6) is 5.75 Å². The van der Waals surface area contributed by atoms with Crippen molar-refractivity contribution >= 4 is 21.7 Å². The Morgan fingerprint density at radius 1 is 1.33 bits per heavy atom. The van der Waals surface area contributed by atoms with Crippen molar-refractivity contribution in [3.8, 4) is 17.1 Å². The maximum atomic E-state index is 12.1. The summed E-state index contributed by atoms with van der Waals surface area (Å²) in [4.78, 5) is 24.0. The van der Waals surface area contributed by atoms with Crippen molar-refractivity contribution in [2.75, 3.05) is 25.2 Å². The van der Waals surface area contributed by atoms with Gasteiger partial charge in [-0.2, -0.15) is 0 Å². The van der Waals surface area contributed by atoms with Crippen molar-refractivity contribution < 1.29 is 27.3 Å². The minimum absolute atomic E-state index is 0.0315. The summed E-state index contributed by atoms with van der Waals surface area (Å²) in [6.45, 7) is -0.281. The van der Waals surface area contributed by atoms with E-state index in [9.17, 15) is 18.0 Å². The molecule has 0 radical (unpaired) electrons. The Kier molecular flexibility index (Phi) is 5.45. The van der Waals surface area contributed by atoms with Crippen LogP contribution in [-0.4, -0.2) is 56.6 Å². The lowest BCUT2D eigenvalue weighted by molar-refractivity contribution is -0.120. The zero-order valence-electron chi connectivity index (χ0n) is 14.6. The molecule has 1 aliphatic rings. The molecule has 1 fully saturated rings. The maximum Gasteiger partial charge on any atom is 0.273 e. The fourth-order valence-electron chi connectivity index (χ4n) is 2.73. The van der Waals surface area contributed by atoms with E-state index in [-0.39, 0.29) is 23.7 Å². The van der Waals surface area contributed by atoms with Crippen LogP contribution < -0.4 is 15.4 Å². The largest absolute Gasteiger partial charge is 0.497 e. The predicted octanol–water partition coefficient (Wildman–Crippen LogP) is 0.383. The first-order valence-electron chi connectivity index (χ1n) is 8.25. The number of ether oxygens (including phenoxy) is 1. The molecule has 1 aliphatic heterocycles. The van der Waals surface area contributed by atoms with Gasteiger partial charge in [0.25, 0.3) is 5.91 Å². The molecule has 27 heavy (non-hydrogen) atoms. The third-order valence-electron chi connectivity index (χ3n) is 4.10. The SMILES string of the molecule is COc1cccc(-c2cc(C(=O)NCC(=O)NC3CCS(=O)(=O)C3)no2)c1. The summed E-state index contributed by atoms with van der Waals surface area (Å²) in [6.07, 6.45) is 0.384. The second-order valence-corrected chi connectivity index (χ2v) is 8.39. The van der Waals surface area contributed by atoms with Crippen molar-refractivity contribution in [3.63, 3.8) is 0 Å². The van der Waals surface area contributed by atoms with E-state index in [4.69, 9.17) is 9.26 Å². The standard InChI is InChI=1S/C17H19N3O6S/c1-25-13-4-2-3-11(7-13)15-8-14(20-26-15)17(22)18-9-16(21)19-12-5-6-27(23,24)10-12/h2-4,7-8,12H,5-6,9-10H2,1H3,(H,18,22)(H,19,21). The van der Waals surface area contributed by atoms with E-state index >= 15 is 0 Å². The predicted molar refractivity (Wildman–Crippen MR) is 96.0 cm³/mol. The van der Waals surface area contributed by atoms with E-state index in [0.29, 0.717) is 23.5 Å². The second kappa shape index (κ2) is 7.78. The molecule has 1 atom stereocenters. The highest BCUT2D eigenvalue weighted by molar-refractivity contribution is 7.91. The monoisotopic (exact) mass is 393 g/mol. The number of sulfone groups is 1. The van der Waals surface area contributed by atoms with E-state index in [2.05, 4.69) is 15.8 Å². The first-order valence-corrected chi connectivity index (χ1v) is 10.1. The van der Waals surface area contributed by atoms with Gasteiger partial charge >= 0.3 is 0 Å². The number of benzene rings is 1. The van der Waals surface area contributed by atoms with Crippen LogP contribution in [0.1, 0.15) is 16.9 Å². The Bertz CT molecular complexity index is 953. The van der Waals surface area contributed by atoms with Crippen LogP contribution in [0.15, 0.2) is 34.9 Å². The van der Waals surface area contributed by atoms with E-state index in [0.717, 1.165) is 0 Å². The lowest BCUT2D eigenvalue weighted by atomic mass is 10.1. The summed E-state index contributed by atoms with van der Waals surface area (Å²) >= 11 is 0. The average molecular weight is 393 g/mol. The highest BCUT2D eigenvalue weighted by Crippen LogP contribution is 2.24. The number of nitrogens with one attached hydrogen (secondary N) is 2. The van der Waals surface area contributed by atoms with Crippen LogP contribution >= 0.6 is 0 Å². The van der Waals surface area contributed by atoms with E-state index in [1.165, 1.54) is 6.07 Å². The first kappa shape index (κ1) is 18.9. The Balaban J connectivity index is 1.54. The zero-order valence-corrected chi connectivity index (χ0v) is 15.4. The molecule has 0 saturated carbocycles. The molecular formula is C17H19N3O6S. The number of aromatic nitrogens is 1. The Hall–Kier alpha value is -2.88. The molecule has 144 valence electrons. The minimum atomic E-state index is -3.08. The van der Waals surface area contributed by atoms with Gasteiger partial charge < -0.3 is 19.9 Å². The normalized spacial score (nSPS) is 18.0. The van der Waals surface area contributed by atoms with Crippen molar-refractivity contribution in [1.82, 2.24) is 15.8 Å². The number of carbonyl (C=O) groups is 2. The van der Waals surface area contributed by atoms with Gasteiger partial charge in [-0.05, 0) is 18.6 Å². The highest BCUT2D eigenvalue weighted by Gasteiger charge is 2.28. The summed E-state index contributed by atoms with van der Waals surface area (Å²) < 4.78 is 33.1. The zero-order chi connectivity index (χ0) is 19.4. The average Bonchev–Trinajstić information content (AvgIpc) is 3.26. The van der Waals surface area contributed by atoms with Gasteiger partial charge in [0.05, 0.1) is 25.2 Å². The Labute approximate surface area is 156 Å². The number of hydrogen-bond donors (Lipinski definition) is 2. The molecule has 0 spiro atoms.